The summed E-state index contributed by atoms with van der Waals surface area (Å²) in [6.07, 6.45) is 2.42. The molecule has 0 saturated carbocycles. The lowest BCUT2D eigenvalue weighted by Crippen LogP contribution is -2.13. The summed E-state index contributed by atoms with van der Waals surface area (Å²) >= 11 is 0. The maximum Gasteiger partial charge on any atom is 0.207 e. The second-order valence-electron chi connectivity index (χ2n) is 6.57. The van der Waals surface area contributed by atoms with Gasteiger partial charge in [-0.25, -0.2) is 0 Å². The quantitative estimate of drug-likeness (QED) is 0.221. The van der Waals surface area contributed by atoms with Crippen LogP contribution >= 0.6 is 0 Å². The average Bonchev–Trinajstić information content (AvgIpc) is 2.78. The van der Waals surface area contributed by atoms with Gasteiger partial charge in [0.2, 0.25) is 11.5 Å². The first-order valence-corrected chi connectivity index (χ1v) is 9.98. The molecule has 9 heteroatoms. The Morgan fingerprint density at radius 3 is 1.77 bits per heavy atom. The van der Waals surface area contributed by atoms with Crippen molar-refractivity contribution in [3.05, 3.63) is 22.8 Å². The summed E-state index contributed by atoms with van der Waals surface area (Å²) < 4.78 is 43.9. The Kier molecular flexibility index (Phi) is 13.7. The fourth-order valence-electron chi connectivity index (χ4n) is 2.71. The highest BCUT2D eigenvalue weighted by atomic mass is 16.7. The molecule has 0 fully saturated rings. The number of aliphatic hydroxyl groups excluding tert-OH is 1. The summed E-state index contributed by atoms with van der Waals surface area (Å²) in [5.74, 6) is 1.77. The third-order valence-corrected chi connectivity index (χ3v) is 4.44. The Morgan fingerprint density at radius 2 is 1.29 bits per heavy atom. The molecule has 0 spiro atoms. The van der Waals surface area contributed by atoms with Crippen molar-refractivity contribution in [1.29, 1.82) is 0 Å². The topological polar surface area (TPSA) is 94.1 Å². The minimum absolute atomic E-state index is 0.0122. The number of allylic oxidation sites excluding steroid dienone is 1. The van der Waals surface area contributed by atoms with E-state index in [-0.39, 0.29) is 20.2 Å². The Balaban J connectivity index is 3.28. The highest BCUT2D eigenvalue weighted by molar-refractivity contribution is 5.67. The van der Waals surface area contributed by atoms with Crippen molar-refractivity contribution in [2.45, 2.75) is 20.3 Å². The van der Waals surface area contributed by atoms with Crippen LogP contribution in [0.5, 0.6) is 23.0 Å². The molecule has 1 aromatic rings. The average molecular weight is 445 g/mol. The van der Waals surface area contributed by atoms with E-state index >= 15 is 0 Å². The molecule has 31 heavy (non-hydrogen) atoms. The molecule has 0 aliphatic carbocycles. The predicted molar refractivity (Wildman–Crippen MR) is 115 cm³/mol. The largest absolute Gasteiger partial charge is 0.490 e. The van der Waals surface area contributed by atoms with Gasteiger partial charge in [0, 0.05) is 25.3 Å². The molecule has 0 amide bonds. The van der Waals surface area contributed by atoms with Crippen LogP contribution in [-0.4, -0.2) is 80.2 Å². The lowest BCUT2D eigenvalue weighted by atomic mass is 10.00. The van der Waals surface area contributed by atoms with Crippen LogP contribution in [0.3, 0.4) is 0 Å². The van der Waals surface area contributed by atoms with Gasteiger partial charge in [-0.1, -0.05) is 11.6 Å². The zero-order valence-electron chi connectivity index (χ0n) is 19.4. The lowest BCUT2D eigenvalue weighted by Gasteiger charge is -2.23. The second-order valence-corrected chi connectivity index (χ2v) is 6.57. The van der Waals surface area contributed by atoms with Crippen molar-refractivity contribution in [3.63, 3.8) is 0 Å². The maximum atomic E-state index is 9.37. The fourth-order valence-corrected chi connectivity index (χ4v) is 2.71. The minimum Gasteiger partial charge on any atom is -0.490 e. The van der Waals surface area contributed by atoms with Crippen molar-refractivity contribution in [1.82, 2.24) is 0 Å². The van der Waals surface area contributed by atoms with Crippen molar-refractivity contribution in [2.24, 2.45) is 0 Å². The van der Waals surface area contributed by atoms with Crippen molar-refractivity contribution >= 4 is 0 Å². The fraction of sp³-hybridized carbons (Fsp3) is 0.636. The highest BCUT2D eigenvalue weighted by Gasteiger charge is 2.26. The van der Waals surface area contributed by atoms with Crippen LogP contribution in [0.2, 0.25) is 0 Å². The van der Waals surface area contributed by atoms with Crippen LogP contribution in [-0.2, 0) is 25.4 Å². The van der Waals surface area contributed by atoms with E-state index in [0.29, 0.717) is 55.8 Å². The van der Waals surface area contributed by atoms with Gasteiger partial charge in [0.15, 0.2) is 25.1 Å². The van der Waals surface area contributed by atoms with Crippen LogP contribution in [0.15, 0.2) is 11.6 Å². The summed E-state index contributed by atoms with van der Waals surface area (Å²) in [4.78, 5) is 0. The highest BCUT2D eigenvalue weighted by Crippen LogP contribution is 2.49. The molecule has 0 aliphatic heterocycles. The van der Waals surface area contributed by atoms with Crippen LogP contribution in [0.1, 0.15) is 18.1 Å². The van der Waals surface area contributed by atoms with Crippen molar-refractivity contribution in [3.8, 4) is 23.0 Å². The number of ether oxygens (including phenoxy) is 8. The molecule has 0 aliphatic rings. The van der Waals surface area contributed by atoms with Gasteiger partial charge < -0.3 is 43.0 Å². The van der Waals surface area contributed by atoms with Gasteiger partial charge in [0.25, 0.3) is 0 Å². The first-order valence-electron chi connectivity index (χ1n) is 9.98. The molecule has 178 valence electrons. The van der Waals surface area contributed by atoms with E-state index in [1.54, 1.807) is 14.2 Å². The lowest BCUT2D eigenvalue weighted by molar-refractivity contribution is -0.0124. The van der Waals surface area contributed by atoms with Gasteiger partial charge in [0.05, 0.1) is 47.3 Å². The number of hydrogen-bond donors (Lipinski definition) is 1. The Morgan fingerprint density at radius 1 is 0.774 bits per heavy atom. The van der Waals surface area contributed by atoms with E-state index in [9.17, 15) is 5.11 Å². The second kappa shape index (κ2) is 15.7. The molecule has 0 aromatic heterocycles. The zero-order chi connectivity index (χ0) is 23.1. The third-order valence-electron chi connectivity index (χ3n) is 4.44. The number of aliphatic hydroxyl groups is 1. The molecule has 9 nitrogen and oxygen atoms in total. The zero-order valence-corrected chi connectivity index (χ0v) is 19.4. The Hall–Kier alpha value is -2.04. The van der Waals surface area contributed by atoms with Crippen LogP contribution in [0.4, 0.5) is 0 Å². The van der Waals surface area contributed by atoms with Crippen molar-refractivity contribution < 1.29 is 43.0 Å². The first kappa shape index (κ1) is 27.0. The van der Waals surface area contributed by atoms with Gasteiger partial charge >= 0.3 is 0 Å². The molecule has 0 saturated heterocycles. The monoisotopic (exact) mass is 444 g/mol. The molecule has 1 aromatic carbocycles. The summed E-state index contributed by atoms with van der Waals surface area (Å²) in [5, 5.41) is 9.37. The van der Waals surface area contributed by atoms with Gasteiger partial charge in [-0.3, -0.25) is 0 Å². The van der Waals surface area contributed by atoms with Crippen LogP contribution in [0, 0.1) is 6.92 Å². The van der Waals surface area contributed by atoms with E-state index in [1.807, 2.05) is 19.9 Å². The first-order chi connectivity index (χ1) is 15.0. The van der Waals surface area contributed by atoms with E-state index in [0.717, 1.165) is 16.7 Å². The Labute approximate surface area is 184 Å². The molecule has 0 radical (unpaired) electrons. The molecule has 0 atom stereocenters. The van der Waals surface area contributed by atoms with Crippen LogP contribution in [0.25, 0.3) is 0 Å². The minimum atomic E-state index is -0.0284. The van der Waals surface area contributed by atoms with E-state index in [4.69, 9.17) is 37.9 Å². The predicted octanol–water partition coefficient (Wildman–Crippen LogP) is 2.49. The smallest absolute Gasteiger partial charge is 0.207 e. The summed E-state index contributed by atoms with van der Waals surface area (Å²) in [6, 6.07) is 0. The van der Waals surface area contributed by atoms with Crippen LogP contribution < -0.4 is 18.9 Å². The number of methoxy groups -OCH3 is 4. The maximum absolute atomic E-state index is 9.37. The molecular weight excluding hydrogens is 408 g/mol. The number of rotatable bonds is 17. The third kappa shape index (κ3) is 8.54. The molecule has 0 heterocycles. The summed E-state index contributed by atoms with van der Waals surface area (Å²) in [6.45, 7) is 5.49. The summed E-state index contributed by atoms with van der Waals surface area (Å²) in [7, 11) is 6.27. The molecular formula is C22H36O9. The molecule has 0 bridgehead atoms. The van der Waals surface area contributed by atoms with E-state index in [2.05, 4.69) is 0 Å². The number of benzene rings is 1. The van der Waals surface area contributed by atoms with E-state index in [1.165, 1.54) is 14.2 Å². The standard InChI is InChI=1S/C22H36O9/c1-16(13-23)7-8-18-17(2)19(30-14-28-11-9-24-3)21(26-5)22(27-6)20(18)31-15-29-12-10-25-4/h7,23H,8-15H2,1-6H3. The molecule has 1 rings (SSSR count). The SMILES string of the molecule is COCCOCOc1c(C)c(CC=C(C)CO)c(OCOCCOC)c(OC)c1OC. The van der Waals surface area contributed by atoms with E-state index < -0.39 is 0 Å². The van der Waals surface area contributed by atoms with Crippen molar-refractivity contribution in [2.75, 3.05) is 75.1 Å². The van der Waals surface area contributed by atoms with Gasteiger partial charge in [-0.15, -0.1) is 0 Å². The van der Waals surface area contributed by atoms with Gasteiger partial charge in [-0.05, 0) is 20.3 Å². The molecule has 0 unspecified atom stereocenters. The summed E-state index contributed by atoms with van der Waals surface area (Å²) in [5.41, 5.74) is 2.47. The van der Waals surface area contributed by atoms with Gasteiger partial charge in [-0.2, -0.15) is 0 Å². The normalized spacial score (nSPS) is 11.5. The number of hydrogen-bond acceptors (Lipinski definition) is 9. The Bertz CT molecular complexity index is 674. The van der Waals surface area contributed by atoms with Gasteiger partial charge in [0.1, 0.15) is 0 Å². The molecule has 1 N–H and O–H groups in total.